The molecule has 2 aromatic heterocycles. The molecule has 0 saturated carbocycles. The van der Waals surface area contributed by atoms with Gasteiger partial charge in [0.15, 0.2) is 5.65 Å². The van der Waals surface area contributed by atoms with Crippen molar-refractivity contribution in [2.24, 2.45) is 5.73 Å². The van der Waals surface area contributed by atoms with Crippen LogP contribution in [0.15, 0.2) is 64.2 Å². The van der Waals surface area contributed by atoms with Gasteiger partial charge in [0, 0.05) is 45.3 Å². The van der Waals surface area contributed by atoms with Crippen LogP contribution in [0, 0.1) is 0 Å². The molecular formula is C30H38N6O4. The number of aromatic nitrogens is 4. The van der Waals surface area contributed by atoms with E-state index >= 15 is 0 Å². The first-order chi connectivity index (χ1) is 19.5. The number of fused-ring (bicyclic) bond motifs is 1. The Kier molecular flexibility index (Phi) is 10.4. The fourth-order valence-electron chi connectivity index (χ4n) is 4.73. The molecule has 40 heavy (non-hydrogen) atoms. The number of ether oxygens (including phenoxy) is 1. The third kappa shape index (κ3) is 7.55. The lowest BCUT2D eigenvalue weighted by molar-refractivity contribution is -0.116. The summed E-state index contributed by atoms with van der Waals surface area (Å²) in [4.78, 5) is 47.0. The topological polar surface area (TPSA) is 137 Å². The number of aryl methyl sites for hydroxylation is 2. The molecule has 1 amide bonds. The number of hydrogen-bond acceptors (Lipinski definition) is 6. The number of hydrogen-bond donors (Lipinski definition) is 3. The fourth-order valence-corrected chi connectivity index (χ4v) is 4.73. The van der Waals surface area contributed by atoms with Gasteiger partial charge in [-0.05, 0) is 55.5 Å². The zero-order valence-corrected chi connectivity index (χ0v) is 23.0. The van der Waals surface area contributed by atoms with Crippen LogP contribution in [0.1, 0.15) is 49.1 Å². The second-order valence-corrected chi connectivity index (χ2v) is 9.88. The van der Waals surface area contributed by atoms with Gasteiger partial charge in [-0.25, -0.2) is 9.78 Å². The first-order valence-corrected chi connectivity index (χ1v) is 13.8. The summed E-state index contributed by atoms with van der Waals surface area (Å²) in [6, 6.07) is 17.5. The number of nitrogens with one attached hydrogen (secondary N) is 2. The van der Waals surface area contributed by atoms with Gasteiger partial charge in [-0.1, -0.05) is 48.9 Å². The number of imidazole rings is 1. The summed E-state index contributed by atoms with van der Waals surface area (Å²) in [6.45, 7) is 1.65. The number of amides is 1. The molecular weight excluding hydrogens is 508 g/mol. The summed E-state index contributed by atoms with van der Waals surface area (Å²) >= 11 is 0. The number of anilines is 1. The highest BCUT2D eigenvalue weighted by atomic mass is 16.5. The van der Waals surface area contributed by atoms with E-state index in [0.29, 0.717) is 68.1 Å². The number of unbranched alkanes of at least 4 members (excludes halogenated alkanes) is 2. The van der Waals surface area contributed by atoms with Gasteiger partial charge in [0.2, 0.25) is 5.91 Å². The maximum Gasteiger partial charge on any atom is 0.332 e. The first kappa shape index (κ1) is 29.0. The van der Waals surface area contributed by atoms with Gasteiger partial charge in [0.25, 0.3) is 5.56 Å². The molecule has 10 nitrogen and oxygen atoms in total. The number of methoxy groups -OCH3 is 1. The summed E-state index contributed by atoms with van der Waals surface area (Å²) < 4.78 is 7.95. The second kappa shape index (κ2) is 14.4. The first-order valence-electron chi connectivity index (χ1n) is 13.8. The van der Waals surface area contributed by atoms with Gasteiger partial charge < -0.3 is 20.8 Å². The molecule has 0 spiro atoms. The smallest absolute Gasteiger partial charge is 0.332 e. The highest BCUT2D eigenvalue weighted by Gasteiger charge is 2.18. The Morgan fingerprint density at radius 3 is 2.55 bits per heavy atom. The van der Waals surface area contributed by atoms with E-state index < -0.39 is 5.69 Å². The van der Waals surface area contributed by atoms with E-state index in [1.165, 1.54) is 4.57 Å². The molecule has 0 saturated heterocycles. The van der Waals surface area contributed by atoms with E-state index in [2.05, 4.69) is 15.3 Å². The normalized spacial score (nSPS) is 11.2. The lowest BCUT2D eigenvalue weighted by atomic mass is 10.1. The van der Waals surface area contributed by atoms with Crippen molar-refractivity contribution in [3.05, 3.63) is 92.4 Å². The van der Waals surface area contributed by atoms with Gasteiger partial charge in [-0.15, -0.1) is 0 Å². The Morgan fingerprint density at radius 2 is 1.77 bits per heavy atom. The quantitative estimate of drug-likeness (QED) is 0.196. The third-order valence-electron chi connectivity index (χ3n) is 6.80. The highest BCUT2D eigenvalue weighted by molar-refractivity contribution is 5.90. The Labute approximate surface area is 233 Å². The summed E-state index contributed by atoms with van der Waals surface area (Å²) in [5.41, 5.74) is 8.14. The molecule has 0 unspecified atom stereocenters. The van der Waals surface area contributed by atoms with Crippen molar-refractivity contribution in [2.75, 3.05) is 25.6 Å². The number of carbonyl (C=O) groups excluding carboxylic acids is 1. The van der Waals surface area contributed by atoms with Crippen LogP contribution in [0.2, 0.25) is 0 Å². The zero-order chi connectivity index (χ0) is 28.3. The van der Waals surface area contributed by atoms with E-state index in [1.54, 1.807) is 11.7 Å². The second-order valence-electron chi connectivity index (χ2n) is 9.88. The van der Waals surface area contributed by atoms with Gasteiger partial charge in [0.05, 0.1) is 0 Å². The van der Waals surface area contributed by atoms with Gasteiger partial charge in [-0.2, -0.15) is 0 Å². The molecule has 0 aliphatic rings. The van der Waals surface area contributed by atoms with Crippen LogP contribution >= 0.6 is 0 Å². The van der Waals surface area contributed by atoms with Crippen LogP contribution in [-0.2, 0) is 35.5 Å². The Morgan fingerprint density at radius 1 is 0.975 bits per heavy atom. The van der Waals surface area contributed by atoms with Gasteiger partial charge >= 0.3 is 5.69 Å². The summed E-state index contributed by atoms with van der Waals surface area (Å²) in [6.07, 6.45) is 4.67. The van der Waals surface area contributed by atoms with E-state index in [4.69, 9.17) is 10.5 Å². The highest BCUT2D eigenvalue weighted by Crippen LogP contribution is 2.15. The molecule has 0 aliphatic carbocycles. The van der Waals surface area contributed by atoms with E-state index in [1.807, 2.05) is 54.6 Å². The van der Waals surface area contributed by atoms with Crippen molar-refractivity contribution in [3.8, 4) is 0 Å². The Bertz CT molecular complexity index is 1520. The number of nitrogens with zero attached hydrogens (tertiary/aromatic N) is 3. The standard InChI is InChI=1S/C30H38N6O4/c1-40-19-9-17-36-29(38)27-28(34-25(33-27)21-22-10-4-2-5-11-22)35(30(36)39)18-15-23-12-8-13-24(20-23)32-26(37)14-6-3-7-16-31/h2,4-5,8,10-13,20H,3,6-7,9,14-19,21,31H2,1H3,(H,32,37)(H,33,34). The molecule has 0 atom stereocenters. The zero-order valence-electron chi connectivity index (χ0n) is 23.0. The van der Waals surface area contributed by atoms with Gasteiger partial charge in [0.1, 0.15) is 11.3 Å². The largest absolute Gasteiger partial charge is 0.385 e. The Balaban J connectivity index is 1.57. The van der Waals surface area contributed by atoms with Crippen LogP contribution in [0.5, 0.6) is 0 Å². The van der Waals surface area contributed by atoms with E-state index in [-0.39, 0.29) is 18.0 Å². The molecule has 4 N–H and O–H groups in total. The van der Waals surface area contributed by atoms with Crippen LogP contribution in [0.3, 0.4) is 0 Å². The number of rotatable bonds is 15. The van der Waals surface area contributed by atoms with Crippen LogP contribution in [-0.4, -0.2) is 45.3 Å². The monoisotopic (exact) mass is 546 g/mol. The van der Waals surface area contributed by atoms with E-state index in [9.17, 15) is 14.4 Å². The SMILES string of the molecule is COCCCn1c(=O)c2[nH]c(Cc3ccccc3)nc2n(CCc2cccc(NC(=O)CCCCCN)c2)c1=O. The Hall–Kier alpha value is -4.02. The molecule has 0 radical (unpaired) electrons. The lowest BCUT2D eigenvalue weighted by Gasteiger charge is -2.12. The predicted octanol–water partition coefficient (Wildman–Crippen LogP) is 3.21. The minimum atomic E-state index is -0.395. The van der Waals surface area contributed by atoms with Crippen LogP contribution < -0.4 is 22.3 Å². The molecule has 2 heterocycles. The molecule has 0 fully saturated rings. The van der Waals surface area contributed by atoms with Crippen molar-refractivity contribution >= 4 is 22.8 Å². The van der Waals surface area contributed by atoms with Crippen LogP contribution in [0.25, 0.3) is 11.2 Å². The predicted molar refractivity (Wildman–Crippen MR) is 157 cm³/mol. The summed E-state index contributed by atoms with van der Waals surface area (Å²) in [5.74, 6) is 0.593. The lowest BCUT2D eigenvalue weighted by Crippen LogP contribution is -2.40. The maximum absolute atomic E-state index is 13.5. The van der Waals surface area contributed by atoms with Crippen molar-refractivity contribution < 1.29 is 9.53 Å². The number of H-pyrrole nitrogens is 1. The van der Waals surface area contributed by atoms with Gasteiger partial charge in [-0.3, -0.25) is 18.7 Å². The summed E-state index contributed by atoms with van der Waals surface area (Å²) in [7, 11) is 1.59. The third-order valence-corrected chi connectivity index (χ3v) is 6.80. The van der Waals surface area contributed by atoms with Crippen molar-refractivity contribution in [1.82, 2.24) is 19.1 Å². The van der Waals surface area contributed by atoms with Crippen molar-refractivity contribution in [2.45, 2.75) is 58.0 Å². The average molecular weight is 547 g/mol. The fraction of sp³-hybridized carbons (Fsp3) is 0.400. The minimum Gasteiger partial charge on any atom is -0.385 e. The number of benzene rings is 2. The molecule has 212 valence electrons. The molecule has 2 aromatic carbocycles. The van der Waals surface area contributed by atoms with Crippen LogP contribution in [0.4, 0.5) is 5.69 Å². The summed E-state index contributed by atoms with van der Waals surface area (Å²) in [5, 5.41) is 2.96. The molecule has 0 aliphatic heterocycles. The van der Waals surface area contributed by atoms with Crippen molar-refractivity contribution in [1.29, 1.82) is 0 Å². The molecule has 0 bridgehead atoms. The number of aromatic amines is 1. The molecule has 4 aromatic rings. The minimum absolute atomic E-state index is 0.0299. The number of nitrogens with two attached hydrogens (primary N) is 1. The molecule has 10 heteroatoms. The molecule has 4 rings (SSSR count). The maximum atomic E-state index is 13.5. The van der Waals surface area contributed by atoms with E-state index in [0.717, 1.165) is 30.4 Å². The number of carbonyl (C=O) groups is 1. The average Bonchev–Trinajstić information content (AvgIpc) is 3.37. The van der Waals surface area contributed by atoms with Crippen molar-refractivity contribution in [3.63, 3.8) is 0 Å².